The molecule has 0 aliphatic heterocycles. The molecule has 0 spiro atoms. The maximum Gasteiger partial charge on any atom is 0.297 e. The summed E-state index contributed by atoms with van der Waals surface area (Å²) < 4.78 is 15.0. The third-order valence-electron chi connectivity index (χ3n) is 4.71. The fraction of sp³-hybridized carbons (Fsp3) is 0.273. The van der Waals surface area contributed by atoms with Gasteiger partial charge in [-0.25, -0.2) is 14.1 Å². The number of rotatable bonds is 7. The van der Waals surface area contributed by atoms with Crippen molar-refractivity contribution in [2.45, 2.75) is 33.1 Å². The second-order valence-corrected chi connectivity index (χ2v) is 7.26. The third kappa shape index (κ3) is 4.53. The minimum atomic E-state index is -0.546. The zero-order valence-electron chi connectivity index (χ0n) is 17.2. The van der Waals surface area contributed by atoms with Crippen molar-refractivity contribution in [1.82, 2.24) is 14.8 Å². The van der Waals surface area contributed by atoms with Gasteiger partial charge in [0.25, 0.3) is 5.91 Å². The predicted octanol–water partition coefficient (Wildman–Crippen LogP) is 3.36. The van der Waals surface area contributed by atoms with Crippen LogP contribution < -0.4 is 10.6 Å². The molecule has 1 heterocycles. The van der Waals surface area contributed by atoms with E-state index >= 15 is 0 Å². The standard InChI is InChI=1S/C22H24FN5O2/c1-14(2)18-6-4-5-7-19(18)28-15(3)25-21(26-28)22(30)27(13-12-20(24)29)17-10-8-16(23)9-11-17/h4-11,14H,12-13H2,1-3H3,(H2,24,29). The molecule has 3 aromatic rings. The van der Waals surface area contributed by atoms with Gasteiger partial charge in [0, 0.05) is 18.7 Å². The number of carbonyl (C=O) groups is 2. The summed E-state index contributed by atoms with van der Waals surface area (Å²) in [7, 11) is 0. The molecular formula is C22H24FN5O2. The number of halogens is 1. The molecule has 0 fully saturated rings. The van der Waals surface area contributed by atoms with Crippen molar-refractivity contribution in [3.8, 4) is 5.69 Å². The van der Waals surface area contributed by atoms with E-state index in [0.717, 1.165) is 11.3 Å². The Morgan fingerprint density at radius 3 is 2.43 bits per heavy atom. The SMILES string of the molecule is Cc1nc(C(=O)N(CCC(N)=O)c2ccc(F)cc2)nn1-c1ccccc1C(C)C. The van der Waals surface area contributed by atoms with Crippen molar-refractivity contribution in [2.75, 3.05) is 11.4 Å². The number of carbonyl (C=O) groups excluding carboxylic acids is 2. The topological polar surface area (TPSA) is 94.1 Å². The van der Waals surface area contributed by atoms with Crippen molar-refractivity contribution < 1.29 is 14.0 Å². The summed E-state index contributed by atoms with van der Waals surface area (Å²) in [6.07, 6.45) is -0.0427. The molecule has 2 aromatic carbocycles. The zero-order valence-corrected chi connectivity index (χ0v) is 17.2. The number of nitrogens with zero attached hydrogens (tertiary/aromatic N) is 4. The first kappa shape index (κ1) is 21.2. The number of benzene rings is 2. The van der Waals surface area contributed by atoms with Crippen molar-refractivity contribution in [1.29, 1.82) is 0 Å². The maximum absolute atomic E-state index is 13.3. The fourth-order valence-electron chi connectivity index (χ4n) is 3.19. The number of hydrogen-bond donors (Lipinski definition) is 1. The lowest BCUT2D eigenvalue weighted by atomic mass is 10.0. The molecule has 0 atom stereocenters. The number of primary amides is 1. The van der Waals surface area contributed by atoms with Gasteiger partial charge in [-0.05, 0) is 48.7 Å². The van der Waals surface area contributed by atoms with Crippen LogP contribution in [-0.2, 0) is 4.79 Å². The predicted molar refractivity (Wildman–Crippen MR) is 112 cm³/mol. The quantitative estimate of drug-likeness (QED) is 0.647. The van der Waals surface area contributed by atoms with E-state index in [1.165, 1.54) is 29.2 Å². The molecule has 30 heavy (non-hydrogen) atoms. The summed E-state index contributed by atoms with van der Waals surface area (Å²) in [6, 6.07) is 13.2. The summed E-state index contributed by atoms with van der Waals surface area (Å²) in [4.78, 5) is 30.2. The van der Waals surface area contributed by atoms with Crippen LogP contribution in [0.5, 0.6) is 0 Å². The molecule has 1 aromatic heterocycles. The molecular weight excluding hydrogens is 385 g/mol. The van der Waals surface area contributed by atoms with Crippen LogP contribution in [0.15, 0.2) is 48.5 Å². The monoisotopic (exact) mass is 409 g/mol. The van der Waals surface area contributed by atoms with Gasteiger partial charge >= 0.3 is 0 Å². The van der Waals surface area contributed by atoms with E-state index in [2.05, 4.69) is 23.9 Å². The fourth-order valence-corrected chi connectivity index (χ4v) is 3.19. The highest BCUT2D eigenvalue weighted by Gasteiger charge is 2.24. The Balaban J connectivity index is 1.99. The van der Waals surface area contributed by atoms with Crippen LogP contribution in [0.4, 0.5) is 10.1 Å². The van der Waals surface area contributed by atoms with E-state index < -0.39 is 17.6 Å². The van der Waals surface area contributed by atoms with Gasteiger partial charge < -0.3 is 10.6 Å². The first-order valence-corrected chi connectivity index (χ1v) is 9.66. The van der Waals surface area contributed by atoms with Gasteiger partial charge in [0.15, 0.2) is 0 Å². The summed E-state index contributed by atoms with van der Waals surface area (Å²) in [5.41, 5.74) is 7.62. The zero-order chi connectivity index (χ0) is 21.8. The average Bonchev–Trinajstić information content (AvgIpc) is 3.10. The van der Waals surface area contributed by atoms with Crippen molar-refractivity contribution in [2.24, 2.45) is 5.73 Å². The van der Waals surface area contributed by atoms with E-state index in [1.54, 1.807) is 11.6 Å². The molecule has 0 aliphatic carbocycles. The summed E-state index contributed by atoms with van der Waals surface area (Å²) in [5.74, 6) is -0.665. The highest BCUT2D eigenvalue weighted by Crippen LogP contribution is 2.24. The van der Waals surface area contributed by atoms with Gasteiger partial charge in [0.1, 0.15) is 11.6 Å². The molecule has 0 aliphatic rings. The number of aryl methyl sites for hydroxylation is 1. The Bertz CT molecular complexity index is 1060. The van der Waals surface area contributed by atoms with Gasteiger partial charge in [0.2, 0.25) is 11.7 Å². The van der Waals surface area contributed by atoms with Gasteiger partial charge in [-0.1, -0.05) is 32.0 Å². The largest absolute Gasteiger partial charge is 0.370 e. The summed E-state index contributed by atoms with van der Waals surface area (Å²) in [5, 5.41) is 4.44. The Hall–Kier alpha value is -3.55. The van der Waals surface area contributed by atoms with Gasteiger partial charge in [-0.3, -0.25) is 9.59 Å². The lowest BCUT2D eigenvalue weighted by Crippen LogP contribution is -2.35. The third-order valence-corrected chi connectivity index (χ3v) is 4.71. The average molecular weight is 409 g/mol. The highest BCUT2D eigenvalue weighted by atomic mass is 19.1. The van der Waals surface area contributed by atoms with E-state index in [4.69, 9.17) is 5.73 Å². The smallest absolute Gasteiger partial charge is 0.297 e. The van der Waals surface area contributed by atoms with Crippen molar-refractivity contribution in [3.05, 3.63) is 71.6 Å². The molecule has 2 amide bonds. The first-order valence-electron chi connectivity index (χ1n) is 9.66. The van der Waals surface area contributed by atoms with E-state index in [-0.39, 0.29) is 24.7 Å². The van der Waals surface area contributed by atoms with E-state index in [9.17, 15) is 14.0 Å². The number of para-hydroxylation sites is 1. The second-order valence-electron chi connectivity index (χ2n) is 7.26. The lowest BCUT2D eigenvalue weighted by Gasteiger charge is -2.20. The minimum Gasteiger partial charge on any atom is -0.370 e. The van der Waals surface area contributed by atoms with Crippen molar-refractivity contribution in [3.63, 3.8) is 0 Å². The molecule has 0 radical (unpaired) electrons. The van der Waals surface area contributed by atoms with Gasteiger partial charge in [-0.2, -0.15) is 0 Å². The Kier molecular flexibility index (Phi) is 6.25. The van der Waals surface area contributed by atoms with Crippen LogP contribution in [0.1, 0.15) is 48.2 Å². The van der Waals surface area contributed by atoms with Crippen LogP contribution in [0.25, 0.3) is 5.69 Å². The second kappa shape index (κ2) is 8.86. The normalized spacial score (nSPS) is 11.0. The molecule has 7 nitrogen and oxygen atoms in total. The molecule has 0 unspecified atom stereocenters. The Labute approximate surface area is 174 Å². The molecule has 2 N–H and O–H groups in total. The number of nitrogens with two attached hydrogens (primary N) is 1. The molecule has 8 heteroatoms. The Morgan fingerprint density at radius 2 is 1.80 bits per heavy atom. The molecule has 0 saturated heterocycles. The van der Waals surface area contributed by atoms with Crippen molar-refractivity contribution >= 4 is 17.5 Å². The highest BCUT2D eigenvalue weighted by molar-refractivity contribution is 6.03. The van der Waals surface area contributed by atoms with Crippen LogP contribution in [-0.4, -0.2) is 33.1 Å². The summed E-state index contributed by atoms with van der Waals surface area (Å²) in [6.45, 7) is 5.97. The van der Waals surface area contributed by atoms with Crippen LogP contribution in [0.2, 0.25) is 0 Å². The Morgan fingerprint density at radius 1 is 1.13 bits per heavy atom. The minimum absolute atomic E-state index is 0.0140. The van der Waals surface area contributed by atoms with E-state index in [0.29, 0.717) is 11.5 Å². The van der Waals surface area contributed by atoms with E-state index in [1.807, 2.05) is 24.3 Å². The molecule has 3 rings (SSSR count). The van der Waals surface area contributed by atoms with Crippen LogP contribution in [0.3, 0.4) is 0 Å². The number of hydrogen-bond acceptors (Lipinski definition) is 4. The van der Waals surface area contributed by atoms with Crippen LogP contribution >= 0.6 is 0 Å². The molecule has 156 valence electrons. The number of aromatic nitrogens is 3. The maximum atomic E-state index is 13.3. The summed E-state index contributed by atoms with van der Waals surface area (Å²) >= 11 is 0. The van der Waals surface area contributed by atoms with Crippen LogP contribution in [0, 0.1) is 12.7 Å². The number of amides is 2. The number of anilines is 1. The molecule has 0 bridgehead atoms. The lowest BCUT2D eigenvalue weighted by molar-refractivity contribution is -0.117. The molecule has 0 saturated carbocycles. The van der Waals surface area contributed by atoms with Gasteiger partial charge in [0.05, 0.1) is 5.69 Å². The van der Waals surface area contributed by atoms with Gasteiger partial charge in [-0.15, -0.1) is 5.10 Å². The first-order chi connectivity index (χ1) is 14.3.